The molecule has 0 aliphatic carbocycles. The van der Waals surface area contributed by atoms with Gasteiger partial charge in [0.2, 0.25) is 0 Å². The third-order valence-corrected chi connectivity index (χ3v) is 2.97. The van der Waals surface area contributed by atoms with Crippen LogP contribution in [0.3, 0.4) is 0 Å². The number of fused-ring (bicyclic) bond motifs is 1. The lowest BCUT2D eigenvalue weighted by Crippen LogP contribution is -2.37. The first-order valence-electron chi connectivity index (χ1n) is 7.45. The number of rotatable bonds is 6. The number of nitrogens with zero attached hydrogens (tertiary/aromatic N) is 2. The van der Waals surface area contributed by atoms with Crippen molar-refractivity contribution in [2.75, 3.05) is 31.5 Å². The van der Waals surface area contributed by atoms with Crippen molar-refractivity contribution in [3.8, 4) is 0 Å². The standard InChI is InChI=1S/C16H23N5.HI/c1-3-17-16(18-4-2)20-12-11-19-15-10-9-13-7-5-6-8-14(13)21-15;/h5-10H,3-4,11-12H2,1-2H3,(H,19,21)(H2,17,18,20);1H. The third kappa shape index (κ3) is 5.67. The quantitative estimate of drug-likeness (QED) is 0.295. The summed E-state index contributed by atoms with van der Waals surface area (Å²) in [6.07, 6.45) is 0. The Morgan fingerprint density at radius 1 is 1.05 bits per heavy atom. The fourth-order valence-electron chi connectivity index (χ4n) is 2.03. The summed E-state index contributed by atoms with van der Waals surface area (Å²) >= 11 is 0. The number of aliphatic imine (C=N–C) groups is 1. The Morgan fingerprint density at radius 3 is 2.50 bits per heavy atom. The van der Waals surface area contributed by atoms with E-state index in [9.17, 15) is 0 Å². The van der Waals surface area contributed by atoms with Crippen molar-refractivity contribution in [2.24, 2.45) is 4.99 Å². The number of hydrogen-bond donors (Lipinski definition) is 3. The Bertz CT molecular complexity index is 592. The molecule has 0 aliphatic heterocycles. The summed E-state index contributed by atoms with van der Waals surface area (Å²) in [4.78, 5) is 9.06. The Hall–Kier alpha value is -1.57. The molecular weight excluding hydrogens is 389 g/mol. The summed E-state index contributed by atoms with van der Waals surface area (Å²) in [6.45, 7) is 7.31. The number of anilines is 1. The highest BCUT2D eigenvalue weighted by Gasteiger charge is 1.97. The summed E-state index contributed by atoms with van der Waals surface area (Å²) in [5.74, 6) is 1.74. The molecule has 2 aromatic rings. The van der Waals surface area contributed by atoms with Crippen LogP contribution in [0.1, 0.15) is 13.8 Å². The van der Waals surface area contributed by atoms with Gasteiger partial charge in [-0.05, 0) is 32.0 Å². The molecule has 0 bridgehead atoms. The number of aromatic nitrogens is 1. The van der Waals surface area contributed by atoms with Crippen LogP contribution in [0, 0.1) is 0 Å². The molecule has 1 heterocycles. The van der Waals surface area contributed by atoms with Gasteiger partial charge in [-0.2, -0.15) is 0 Å². The lowest BCUT2D eigenvalue weighted by Gasteiger charge is -2.09. The molecule has 1 aromatic carbocycles. The predicted molar refractivity (Wildman–Crippen MR) is 105 cm³/mol. The Kier molecular flexibility index (Phi) is 8.57. The monoisotopic (exact) mass is 413 g/mol. The molecule has 2 rings (SSSR count). The Balaban J connectivity index is 0.00000242. The molecule has 0 aliphatic rings. The van der Waals surface area contributed by atoms with Gasteiger partial charge in [-0.1, -0.05) is 18.2 Å². The fraction of sp³-hybridized carbons (Fsp3) is 0.375. The fourth-order valence-corrected chi connectivity index (χ4v) is 2.03. The molecule has 0 atom stereocenters. The first-order chi connectivity index (χ1) is 10.3. The van der Waals surface area contributed by atoms with Gasteiger partial charge in [0, 0.05) is 25.0 Å². The van der Waals surface area contributed by atoms with E-state index in [4.69, 9.17) is 0 Å². The van der Waals surface area contributed by atoms with Gasteiger partial charge in [0.05, 0.1) is 12.1 Å². The number of hydrogen-bond acceptors (Lipinski definition) is 3. The van der Waals surface area contributed by atoms with E-state index in [0.717, 1.165) is 42.3 Å². The molecule has 0 saturated heterocycles. The minimum atomic E-state index is 0. The van der Waals surface area contributed by atoms with Crippen LogP contribution in [-0.2, 0) is 0 Å². The number of para-hydroxylation sites is 1. The van der Waals surface area contributed by atoms with Crippen molar-refractivity contribution in [1.29, 1.82) is 0 Å². The van der Waals surface area contributed by atoms with Gasteiger partial charge in [0.25, 0.3) is 0 Å². The normalized spacial score (nSPS) is 9.73. The molecule has 6 heteroatoms. The second-order valence-electron chi connectivity index (χ2n) is 4.61. The second-order valence-corrected chi connectivity index (χ2v) is 4.61. The molecule has 0 unspecified atom stereocenters. The molecule has 0 radical (unpaired) electrons. The molecule has 22 heavy (non-hydrogen) atoms. The van der Waals surface area contributed by atoms with Crippen LogP contribution >= 0.6 is 24.0 Å². The van der Waals surface area contributed by atoms with Gasteiger partial charge in [-0.25, -0.2) is 4.98 Å². The van der Waals surface area contributed by atoms with E-state index in [0.29, 0.717) is 6.54 Å². The first-order valence-corrected chi connectivity index (χ1v) is 7.45. The van der Waals surface area contributed by atoms with Crippen molar-refractivity contribution >= 4 is 46.7 Å². The summed E-state index contributed by atoms with van der Waals surface area (Å²) in [7, 11) is 0. The number of benzene rings is 1. The summed E-state index contributed by atoms with van der Waals surface area (Å²) in [5.41, 5.74) is 1.01. The molecule has 5 nitrogen and oxygen atoms in total. The minimum absolute atomic E-state index is 0. The van der Waals surface area contributed by atoms with Crippen molar-refractivity contribution < 1.29 is 0 Å². The van der Waals surface area contributed by atoms with Crippen molar-refractivity contribution in [3.05, 3.63) is 36.4 Å². The maximum Gasteiger partial charge on any atom is 0.191 e. The number of pyridine rings is 1. The van der Waals surface area contributed by atoms with Gasteiger partial charge >= 0.3 is 0 Å². The van der Waals surface area contributed by atoms with E-state index in [1.807, 2.05) is 24.3 Å². The van der Waals surface area contributed by atoms with Crippen molar-refractivity contribution in [1.82, 2.24) is 15.6 Å². The lowest BCUT2D eigenvalue weighted by molar-refractivity contribution is 0.839. The average Bonchev–Trinajstić information content (AvgIpc) is 2.52. The van der Waals surface area contributed by atoms with E-state index in [1.165, 1.54) is 0 Å². The number of guanidine groups is 1. The van der Waals surface area contributed by atoms with E-state index >= 15 is 0 Å². The van der Waals surface area contributed by atoms with Crippen LogP contribution in [0.15, 0.2) is 41.4 Å². The molecule has 0 spiro atoms. The average molecular weight is 413 g/mol. The van der Waals surface area contributed by atoms with Crippen molar-refractivity contribution in [2.45, 2.75) is 13.8 Å². The predicted octanol–water partition coefficient (Wildman–Crippen LogP) is 2.84. The van der Waals surface area contributed by atoms with E-state index < -0.39 is 0 Å². The zero-order chi connectivity index (χ0) is 14.9. The van der Waals surface area contributed by atoms with Crippen LogP contribution in [0.4, 0.5) is 5.82 Å². The maximum atomic E-state index is 4.57. The maximum absolute atomic E-state index is 4.57. The molecular formula is C16H24IN5. The van der Waals surface area contributed by atoms with Crippen LogP contribution in [0.5, 0.6) is 0 Å². The Labute approximate surface area is 149 Å². The zero-order valence-electron chi connectivity index (χ0n) is 13.1. The van der Waals surface area contributed by atoms with Crippen LogP contribution in [-0.4, -0.2) is 37.1 Å². The van der Waals surface area contributed by atoms with Crippen LogP contribution in [0.25, 0.3) is 10.9 Å². The highest BCUT2D eigenvalue weighted by atomic mass is 127. The summed E-state index contributed by atoms with van der Waals surface area (Å²) in [5, 5.41) is 10.9. The van der Waals surface area contributed by atoms with Gasteiger partial charge in [-0.3, -0.25) is 4.99 Å². The third-order valence-electron chi connectivity index (χ3n) is 2.97. The number of nitrogens with one attached hydrogen (secondary N) is 3. The molecule has 3 N–H and O–H groups in total. The minimum Gasteiger partial charge on any atom is -0.368 e. The highest BCUT2D eigenvalue weighted by molar-refractivity contribution is 14.0. The summed E-state index contributed by atoms with van der Waals surface area (Å²) in [6, 6.07) is 12.2. The van der Waals surface area contributed by atoms with Gasteiger partial charge < -0.3 is 16.0 Å². The Morgan fingerprint density at radius 2 is 1.77 bits per heavy atom. The van der Waals surface area contributed by atoms with Crippen molar-refractivity contribution in [3.63, 3.8) is 0 Å². The second kappa shape index (κ2) is 10.2. The van der Waals surface area contributed by atoms with E-state index in [-0.39, 0.29) is 24.0 Å². The summed E-state index contributed by atoms with van der Waals surface area (Å²) < 4.78 is 0. The van der Waals surface area contributed by atoms with Gasteiger partial charge in [0.15, 0.2) is 5.96 Å². The lowest BCUT2D eigenvalue weighted by atomic mass is 10.2. The van der Waals surface area contributed by atoms with Gasteiger partial charge in [0.1, 0.15) is 5.82 Å². The van der Waals surface area contributed by atoms with Crippen LogP contribution < -0.4 is 16.0 Å². The molecule has 0 fully saturated rings. The SMILES string of the molecule is CCNC(=NCCNc1ccc2ccccc2n1)NCC.I. The highest BCUT2D eigenvalue weighted by Crippen LogP contribution is 2.14. The topological polar surface area (TPSA) is 61.3 Å². The first kappa shape index (κ1) is 18.5. The molecule has 0 amide bonds. The zero-order valence-corrected chi connectivity index (χ0v) is 15.4. The molecule has 120 valence electrons. The number of halogens is 1. The smallest absolute Gasteiger partial charge is 0.191 e. The van der Waals surface area contributed by atoms with E-state index in [2.05, 4.69) is 51.9 Å². The molecule has 1 aromatic heterocycles. The van der Waals surface area contributed by atoms with E-state index in [1.54, 1.807) is 0 Å². The molecule has 0 saturated carbocycles. The van der Waals surface area contributed by atoms with Crippen LogP contribution in [0.2, 0.25) is 0 Å². The largest absolute Gasteiger partial charge is 0.368 e. The van der Waals surface area contributed by atoms with Gasteiger partial charge in [-0.15, -0.1) is 24.0 Å².